The maximum atomic E-state index is 12.4. The molecule has 1 aromatic carbocycles. The van der Waals surface area contributed by atoms with Gasteiger partial charge in [-0.15, -0.1) is 0 Å². The van der Waals surface area contributed by atoms with Crippen LogP contribution in [0.1, 0.15) is 37.8 Å². The van der Waals surface area contributed by atoms with Crippen molar-refractivity contribution in [3.63, 3.8) is 0 Å². The van der Waals surface area contributed by atoms with E-state index in [1.807, 2.05) is 12.1 Å². The van der Waals surface area contributed by atoms with Crippen molar-refractivity contribution >= 4 is 11.9 Å². The SMILES string of the molecule is CCN(CC)Cc1ccccc1CNC(=O)N1CCC(C(N)=O)CC1. The van der Waals surface area contributed by atoms with Crippen molar-refractivity contribution < 1.29 is 9.59 Å². The fraction of sp³-hybridized carbons (Fsp3) is 0.579. The Kier molecular flexibility index (Phi) is 7.25. The highest BCUT2D eigenvalue weighted by atomic mass is 16.2. The van der Waals surface area contributed by atoms with Gasteiger partial charge in [0.25, 0.3) is 0 Å². The van der Waals surface area contributed by atoms with Crippen LogP contribution < -0.4 is 11.1 Å². The van der Waals surface area contributed by atoms with Crippen LogP contribution in [0.4, 0.5) is 4.79 Å². The number of benzene rings is 1. The second kappa shape index (κ2) is 9.42. The summed E-state index contributed by atoms with van der Waals surface area (Å²) < 4.78 is 0. The van der Waals surface area contributed by atoms with Crippen molar-refractivity contribution in [1.82, 2.24) is 15.1 Å². The van der Waals surface area contributed by atoms with Crippen molar-refractivity contribution in [2.24, 2.45) is 11.7 Å². The highest BCUT2D eigenvalue weighted by molar-refractivity contribution is 5.78. The lowest BCUT2D eigenvalue weighted by atomic mass is 9.96. The van der Waals surface area contributed by atoms with E-state index >= 15 is 0 Å². The van der Waals surface area contributed by atoms with E-state index in [2.05, 4.69) is 36.2 Å². The Hall–Kier alpha value is -2.08. The molecule has 6 nitrogen and oxygen atoms in total. The number of likely N-dealkylation sites (tertiary alicyclic amines) is 1. The predicted molar refractivity (Wildman–Crippen MR) is 98.8 cm³/mol. The molecule has 1 aliphatic rings. The van der Waals surface area contributed by atoms with E-state index in [0.29, 0.717) is 32.5 Å². The van der Waals surface area contributed by atoms with Crippen LogP contribution in [-0.4, -0.2) is 47.9 Å². The molecule has 0 unspecified atom stereocenters. The molecular formula is C19H30N4O2. The van der Waals surface area contributed by atoms with Crippen LogP contribution in [0.2, 0.25) is 0 Å². The van der Waals surface area contributed by atoms with Gasteiger partial charge >= 0.3 is 6.03 Å². The van der Waals surface area contributed by atoms with Crippen molar-refractivity contribution in [2.45, 2.75) is 39.8 Å². The number of rotatable bonds is 7. The van der Waals surface area contributed by atoms with Crippen LogP contribution in [0.5, 0.6) is 0 Å². The van der Waals surface area contributed by atoms with Crippen LogP contribution in [-0.2, 0) is 17.9 Å². The summed E-state index contributed by atoms with van der Waals surface area (Å²) in [6, 6.07) is 8.17. The zero-order valence-electron chi connectivity index (χ0n) is 15.3. The Bertz CT molecular complexity index is 579. The third kappa shape index (κ3) is 5.46. The minimum absolute atomic E-state index is 0.0689. The molecule has 0 radical (unpaired) electrons. The van der Waals surface area contributed by atoms with Gasteiger partial charge in [-0.05, 0) is 37.1 Å². The number of nitrogens with zero attached hydrogens (tertiary/aromatic N) is 2. The smallest absolute Gasteiger partial charge is 0.317 e. The minimum atomic E-state index is -0.259. The van der Waals surface area contributed by atoms with Gasteiger partial charge in [0, 0.05) is 32.1 Å². The Morgan fingerprint density at radius 3 is 2.32 bits per heavy atom. The molecule has 1 heterocycles. The molecule has 6 heteroatoms. The third-order valence-corrected chi connectivity index (χ3v) is 5.02. The van der Waals surface area contributed by atoms with Crippen LogP contribution in [0.15, 0.2) is 24.3 Å². The van der Waals surface area contributed by atoms with Crippen molar-refractivity contribution in [3.8, 4) is 0 Å². The standard InChI is InChI=1S/C19H30N4O2/c1-3-22(4-2)14-17-8-6-5-7-16(17)13-21-19(25)23-11-9-15(10-12-23)18(20)24/h5-8,15H,3-4,9-14H2,1-2H3,(H2,20,24)(H,21,25). The quantitative estimate of drug-likeness (QED) is 0.792. The molecule has 1 aliphatic heterocycles. The molecule has 1 saturated heterocycles. The molecule has 138 valence electrons. The molecule has 3 N–H and O–H groups in total. The van der Waals surface area contributed by atoms with E-state index in [4.69, 9.17) is 5.73 Å². The molecule has 0 aliphatic carbocycles. The summed E-state index contributed by atoms with van der Waals surface area (Å²) in [5.41, 5.74) is 7.74. The monoisotopic (exact) mass is 346 g/mol. The number of urea groups is 1. The molecule has 0 saturated carbocycles. The van der Waals surface area contributed by atoms with Gasteiger partial charge in [0.15, 0.2) is 0 Å². The first kappa shape index (κ1) is 19.2. The van der Waals surface area contributed by atoms with E-state index < -0.39 is 0 Å². The average Bonchev–Trinajstić information content (AvgIpc) is 2.65. The lowest BCUT2D eigenvalue weighted by Gasteiger charge is -2.30. The number of primary amides is 1. The summed E-state index contributed by atoms with van der Waals surface area (Å²) in [4.78, 5) is 27.7. The molecule has 0 aromatic heterocycles. The largest absolute Gasteiger partial charge is 0.369 e. The van der Waals surface area contributed by atoms with Gasteiger partial charge in [-0.3, -0.25) is 9.69 Å². The highest BCUT2D eigenvalue weighted by Crippen LogP contribution is 2.17. The maximum absolute atomic E-state index is 12.4. The molecule has 2 rings (SSSR count). The van der Waals surface area contributed by atoms with Crippen LogP contribution >= 0.6 is 0 Å². The number of hydrogen-bond acceptors (Lipinski definition) is 3. The number of piperidine rings is 1. The fourth-order valence-corrected chi connectivity index (χ4v) is 3.22. The zero-order chi connectivity index (χ0) is 18.2. The number of carbonyl (C=O) groups is 2. The molecule has 0 spiro atoms. The van der Waals surface area contributed by atoms with E-state index in [0.717, 1.165) is 25.2 Å². The number of carbonyl (C=O) groups excluding carboxylic acids is 2. The molecule has 1 fully saturated rings. The topological polar surface area (TPSA) is 78.7 Å². The van der Waals surface area contributed by atoms with Gasteiger partial charge in [0.2, 0.25) is 5.91 Å². The van der Waals surface area contributed by atoms with Crippen LogP contribution in [0, 0.1) is 5.92 Å². The summed E-state index contributed by atoms with van der Waals surface area (Å²) in [7, 11) is 0. The van der Waals surface area contributed by atoms with Crippen LogP contribution in [0.3, 0.4) is 0 Å². The first-order chi connectivity index (χ1) is 12.0. The predicted octanol–water partition coefficient (Wildman–Crippen LogP) is 1.94. The lowest BCUT2D eigenvalue weighted by molar-refractivity contribution is -0.123. The molecular weight excluding hydrogens is 316 g/mol. The van der Waals surface area contributed by atoms with Crippen LogP contribution in [0.25, 0.3) is 0 Å². The summed E-state index contributed by atoms with van der Waals surface area (Å²) in [5, 5.41) is 3.01. The highest BCUT2D eigenvalue weighted by Gasteiger charge is 2.25. The zero-order valence-corrected chi connectivity index (χ0v) is 15.3. The normalized spacial score (nSPS) is 15.4. The molecule has 1 aromatic rings. The molecule has 25 heavy (non-hydrogen) atoms. The molecule has 0 atom stereocenters. The summed E-state index contributed by atoms with van der Waals surface area (Å²) in [5.74, 6) is -0.357. The van der Waals surface area contributed by atoms with Gasteiger partial charge in [0.1, 0.15) is 0 Å². The lowest BCUT2D eigenvalue weighted by Crippen LogP contribution is -2.46. The first-order valence-electron chi connectivity index (χ1n) is 9.16. The number of nitrogens with one attached hydrogen (secondary N) is 1. The first-order valence-corrected chi connectivity index (χ1v) is 9.16. The second-order valence-corrected chi connectivity index (χ2v) is 6.55. The summed E-state index contributed by atoms with van der Waals surface area (Å²) in [6.07, 6.45) is 1.31. The number of nitrogens with two attached hydrogens (primary N) is 1. The number of amides is 3. The van der Waals surface area contributed by atoms with Gasteiger partial charge in [-0.2, -0.15) is 0 Å². The van der Waals surface area contributed by atoms with Crippen molar-refractivity contribution in [3.05, 3.63) is 35.4 Å². The van der Waals surface area contributed by atoms with E-state index in [1.54, 1.807) is 4.90 Å². The Morgan fingerprint density at radius 2 is 1.76 bits per heavy atom. The second-order valence-electron chi connectivity index (χ2n) is 6.55. The van der Waals surface area contributed by atoms with Crippen molar-refractivity contribution in [2.75, 3.05) is 26.2 Å². The van der Waals surface area contributed by atoms with E-state index in [9.17, 15) is 9.59 Å². The average molecular weight is 346 g/mol. The Morgan fingerprint density at radius 1 is 1.16 bits per heavy atom. The van der Waals surface area contributed by atoms with E-state index in [-0.39, 0.29) is 17.9 Å². The van der Waals surface area contributed by atoms with E-state index in [1.165, 1.54) is 5.56 Å². The molecule has 3 amide bonds. The summed E-state index contributed by atoms with van der Waals surface area (Å²) in [6.45, 7) is 8.90. The van der Waals surface area contributed by atoms with Gasteiger partial charge in [0.05, 0.1) is 0 Å². The van der Waals surface area contributed by atoms with Crippen molar-refractivity contribution in [1.29, 1.82) is 0 Å². The van der Waals surface area contributed by atoms with Gasteiger partial charge < -0.3 is 16.0 Å². The summed E-state index contributed by atoms with van der Waals surface area (Å²) >= 11 is 0. The third-order valence-electron chi connectivity index (χ3n) is 5.02. The van der Waals surface area contributed by atoms with Gasteiger partial charge in [-0.25, -0.2) is 4.79 Å². The minimum Gasteiger partial charge on any atom is -0.369 e. The Balaban J connectivity index is 1.89. The Labute approximate surface area is 150 Å². The molecule has 0 bridgehead atoms. The maximum Gasteiger partial charge on any atom is 0.317 e. The fourth-order valence-electron chi connectivity index (χ4n) is 3.22. The number of hydrogen-bond donors (Lipinski definition) is 2. The van der Waals surface area contributed by atoms with Gasteiger partial charge in [-0.1, -0.05) is 38.1 Å².